The summed E-state index contributed by atoms with van der Waals surface area (Å²) in [7, 11) is 1.24. The van der Waals surface area contributed by atoms with Gasteiger partial charge in [-0.2, -0.15) is 0 Å². The smallest absolute Gasteiger partial charge is 0.329 e. The van der Waals surface area contributed by atoms with Crippen molar-refractivity contribution < 1.29 is 14.3 Å². The Labute approximate surface area is 111 Å². The SMILES string of the molecule is COC(=O)C(CCl)NC(=O)/C=C/c1ccccc1. The number of alkyl halides is 1. The number of amides is 1. The molecule has 4 nitrogen and oxygen atoms in total. The summed E-state index contributed by atoms with van der Waals surface area (Å²) in [6.45, 7) is 0. The van der Waals surface area contributed by atoms with Gasteiger partial charge >= 0.3 is 5.97 Å². The lowest BCUT2D eigenvalue weighted by atomic mass is 10.2. The lowest BCUT2D eigenvalue weighted by Gasteiger charge is -2.11. The molecule has 1 aromatic rings. The molecule has 0 heterocycles. The van der Waals surface area contributed by atoms with Crippen LogP contribution in [0.1, 0.15) is 5.56 Å². The molecular formula is C13H14ClNO3. The Morgan fingerprint density at radius 1 is 1.39 bits per heavy atom. The van der Waals surface area contributed by atoms with E-state index in [2.05, 4.69) is 10.1 Å². The topological polar surface area (TPSA) is 55.4 Å². The molecule has 0 aromatic heterocycles. The van der Waals surface area contributed by atoms with Crippen LogP contribution < -0.4 is 5.32 Å². The van der Waals surface area contributed by atoms with Crippen molar-refractivity contribution in [1.29, 1.82) is 0 Å². The minimum atomic E-state index is -0.829. The summed E-state index contributed by atoms with van der Waals surface area (Å²) in [5.41, 5.74) is 0.896. The van der Waals surface area contributed by atoms with Gasteiger partial charge in [-0.15, -0.1) is 11.6 Å². The van der Waals surface area contributed by atoms with Crippen molar-refractivity contribution in [3.63, 3.8) is 0 Å². The summed E-state index contributed by atoms with van der Waals surface area (Å²) in [4.78, 5) is 22.7. The van der Waals surface area contributed by atoms with E-state index in [1.165, 1.54) is 13.2 Å². The molecule has 5 heteroatoms. The first kappa shape index (κ1) is 14.3. The summed E-state index contributed by atoms with van der Waals surface area (Å²) in [5.74, 6) is -0.987. The Hall–Kier alpha value is -1.81. The molecule has 0 spiro atoms. The maximum absolute atomic E-state index is 11.5. The predicted molar refractivity (Wildman–Crippen MR) is 70.1 cm³/mol. The summed E-state index contributed by atoms with van der Waals surface area (Å²) in [5, 5.41) is 2.46. The summed E-state index contributed by atoms with van der Waals surface area (Å²) in [6.07, 6.45) is 3.00. The summed E-state index contributed by atoms with van der Waals surface area (Å²) >= 11 is 5.56. The molecule has 0 saturated heterocycles. The highest BCUT2D eigenvalue weighted by Crippen LogP contribution is 2.01. The van der Waals surface area contributed by atoms with Gasteiger partial charge in [0.2, 0.25) is 5.91 Å². The van der Waals surface area contributed by atoms with E-state index in [9.17, 15) is 9.59 Å². The summed E-state index contributed by atoms with van der Waals surface area (Å²) < 4.78 is 4.50. The van der Waals surface area contributed by atoms with Gasteiger partial charge in [0.1, 0.15) is 6.04 Å². The first-order valence-electron chi connectivity index (χ1n) is 5.34. The van der Waals surface area contributed by atoms with E-state index in [0.717, 1.165) is 5.56 Å². The lowest BCUT2D eigenvalue weighted by Crippen LogP contribution is -2.42. The fraction of sp³-hybridized carbons (Fsp3) is 0.231. The molecular weight excluding hydrogens is 254 g/mol. The first-order chi connectivity index (χ1) is 8.67. The van der Waals surface area contributed by atoms with Crippen LogP contribution in [0.25, 0.3) is 6.08 Å². The lowest BCUT2D eigenvalue weighted by molar-refractivity contribution is -0.143. The van der Waals surface area contributed by atoms with E-state index in [1.54, 1.807) is 6.08 Å². The molecule has 0 aliphatic heterocycles. The highest BCUT2D eigenvalue weighted by Gasteiger charge is 2.18. The third kappa shape index (κ3) is 4.59. The monoisotopic (exact) mass is 267 g/mol. The Kier molecular flexibility index (Phi) is 5.94. The first-order valence-corrected chi connectivity index (χ1v) is 5.88. The molecule has 0 fully saturated rings. The van der Waals surface area contributed by atoms with Crippen LogP contribution in [-0.4, -0.2) is 30.9 Å². The second-order valence-electron chi connectivity index (χ2n) is 3.48. The molecule has 1 atom stereocenters. The Balaban J connectivity index is 2.56. The van der Waals surface area contributed by atoms with E-state index in [-0.39, 0.29) is 5.88 Å². The van der Waals surface area contributed by atoms with Crippen molar-refractivity contribution in [3.8, 4) is 0 Å². The zero-order valence-corrected chi connectivity index (χ0v) is 10.7. The molecule has 0 bridgehead atoms. The molecule has 0 aliphatic carbocycles. The Morgan fingerprint density at radius 3 is 2.61 bits per heavy atom. The molecule has 1 rings (SSSR count). The zero-order valence-electron chi connectivity index (χ0n) is 9.93. The Bertz CT molecular complexity index is 431. The van der Waals surface area contributed by atoms with E-state index in [1.807, 2.05) is 30.3 Å². The molecule has 1 amide bonds. The van der Waals surface area contributed by atoms with Gasteiger partial charge in [-0.25, -0.2) is 4.79 Å². The largest absolute Gasteiger partial charge is 0.467 e. The van der Waals surface area contributed by atoms with Gasteiger partial charge in [0.15, 0.2) is 0 Å². The molecule has 18 heavy (non-hydrogen) atoms. The van der Waals surface area contributed by atoms with Crippen LogP contribution in [0.2, 0.25) is 0 Å². The van der Waals surface area contributed by atoms with Gasteiger partial charge in [0.25, 0.3) is 0 Å². The number of ether oxygens (including phenoxy) is 1. The van der Waals surface area contributed by atoms with E-state index in [4.69, 9.17) is 11.6 Å². The molecule has 1 aromatic carbocycles. The van der Waals surface area contributed by atoms with Crippen LogP contribution >= 0.6 is 11.6 Å². The van der Waals surface area contributed by atoms with Crippen LogP contribution in [0.4, 0.5) is 0 Å². The van der Waals surface area contributed by atoms with Crippen molar-refractivity contribution in [2.24, 2.45) is 0 Å². The fourth-order valence-corrected chi connectivity index (χ4v) is 1.46. The number of benzene rings is 1. The van der Waals surface area contributed by atoms with Gasteiger partial charge in [-0.05, 0) is 11.6 Å². The molecule has 0 aliphatic rings. The van der Waals surface area contributed by atoms with Gasteiger partial charge < -0.3 is 10.1 Å². The zero-order chi connectivity index (χ0) is 13.4. The number of rotatable bonds is 5. The Morgan fingerprint density at radius 2 is 2.06 bits per heavy atom. The highest BCUT2D eigenvalue weighted by atomic mass is 35.5. The van der Waals surface area contributed by atoms with Crippen LogP contribution in [0.15, 0.2) is 36.4 Å². The quantitative estimate of drug-likeness (QED) is 0.501. The maximum Gasteiger partial charge on any atom is 0.329 e. The number of hydrogen-bond acceptors (Lipinski definition) is 3. The van der Waals surface area contributed by atoms with Crippen molar-refractivity contribution in [2.75, 3.05) is 13.0 Å². The molecule has 96 valence electrons. The third-order valence-corrected chi connectivity index (χ3v) is 2.49. The number of carbonyl (C=O) groups is 2. The highest BCUT2D eigenvalue weighted by molar-refractivity contribution is 6.20. The van der Waals surface area contributed by atoms with Gasteiger partial charge in [-0.3, -0.25) is 4.79 Å². The van der Waals surface area contributed by atoms with Crippen molar-refractivity contribution >= 4 is 29.6 Å². The minimum absolute atomic E-state index is 0.0302. The number of esters is 1. The number of methoxy groups -OCH3 is 1. The van der Waals surface area contributed by atoms with E-state index < -0.39 is 17.9 Å². The second-order valence-corrected chi connectivity index (χ2v) is 3.79. The molecule has 0 saturated carbocycles. The molecule has 0 radical (unpaired) electrons. The standard InChI is InChI=1S/C13H14ClNO3/c1-18-13(17)11(9-14)15-12(16)8-7-10-5-3-2-4-6-10/h2-8,11H,9H2,1H3,(H,15,16)/b8-7+. The average Bonchev–Trinajstić information content (AvgIpc) is 2.42. The number of hydrogen-bond donors (Lipinski definition) is 1. The van der Waals surface area contributed by atoms with E-state index >= 15 is 0 Å². The van der Waals surface area contributed by atoms with Crippen molar-refractivity contribution in [2.45, 2.75) is 6.04 Å². The predicted octanol–water partition coefficient (Wildman–Crippen LogP) is 1.60. The number of carbonyl (C=O) groups excluding carboxylic acids is 2. The van der Waals surface area contributed by atoms with Crippen LogP contribution in [0, 0.1) is 0 Å². The molecule has 1 unspecified atom stereocenters. The van der Waals surface area contributed by atoms with Gasteiger partial charge in [0, 0.05) is 6.08 Å². The van der Waals surface area contributed by atoms with E-state index in [0.29, 0.717) is 0 Å². The van der Waals surface area contributed by atoms with Gasteiger partial charge in [-0.1, -0.05) is 30.3 Å². The maximum atomic E-state index is 11.5. The fourth-order valence-electron chi connectivity index (χ4n) is 1.26. The average molecular weight is 268 g/mol. The van der Waals surface area contributed by atoms with Crippen LogP contribution in [-0.2, 0) is 14.3 Å². The van der Waals surface area contributed by atoms with Crippen molar-refractivity contribution in [1.82, 2.24) is 5.32 Å². The third-order valence-electron chi connectivity index (χ3n) is 2.18. The minimum Gasteiger partial charge on any atom is -0.467 e. The molecule has 1 N–H and O–H groups in total. The number of halogens is 1. The van der Waals surface area contributed by atoms with Crippen molar-refractivity contribution in [3.05, 3.63) is 42.0 Å². The van der Waals surface area contributed by atoms with Crippen LogP contribution in [0.5, 0.6) is 0 Å². The number of nitrogens with one attached hydrogen (secondary N) is 1. The van der Waals surface area contributed by atoms with Gasteiger partial charge in [0.05, 0.1) is 13.0 Å². The summed E-state index contributed by atoms with van der Waals surface area (Å²) in [6, 6.07) is 8.52. The van der Waals surface area contributed by atoms with Crippen LogP contribution in [0.3, 0.4) is 0 Å². The normalized spacial score (nSPS) is 12.1. The second kappa shape index (κ2) is 7.50.